The van der Waals surface area contributed by atoms with E-state index in [1.165, 1.54) is 25.2 Å². The fourth-order valence-corrected chi connectivity index (χ4v) is 2.51. The van der Waals surface area contributed by atoms with E-state index in [-0.39, 0.29) is 0 Å². The van der Waals surface area contributed by atoms with Crippen molar-refractivity contribution < 1.29 is 0 Å². The first kappa shape index (κ1) is 13.3. The molecule has 0 aromatic carbocycles. The first-order valence-electron chi connectivity index (χ1n) is 7.11. The molecule has 2 rings (SSSR count). The van der Waals surface area contributed by atoms with Crippen LogP contribution < -0.4 is 10.2 Å². The van der Waals surface area contributed by atoms with E-state index in [9.17, 15) is 0 Å². The SMILES string of the molecule is CCNCc1cc(N2CCC(C)C(C)C2)ccn1. The Balaban J connectivity index is 2.04. The summed E-state index contributed by atoms with van der Waals surface area (Å²) in [5, 5.41) is 3.33. The van der Waals surface area contributed by atoms with Gasteiger partial charge in [0.15, 0.2) is 0 Å². The van der Waals surface area contributed by atoms with Crippen molar-refractivity contribution in [2.24, 2.45) is 11.8 Å². The first-order valence-corrected chi connectivity index (χ1v) is 7.11. The lowest BCUT2D eigenvalue weighted by molar-refractivity contribution is 0.324. The average Bonchev–Trinajstić information content (AvgIpc) is 2.40. The third-order valence-electron chi connectivity index (χ3n) is 4.06. The summed E-state index contributed by atoms with van der Waals surface area (Å²) in [6.07, 6.45) is 3.23. The Bertz CT molecular complexity index is 378. The molecule has 1 N–H and O–H groups in total. The molecule has 1 saturated heterocycles. The molecule has 3 heteroatoms. The Hall–Kier alpha value is -1.09. The van der Waals surface area contributed by atoms with Gasteiger partial charge in [0.25, 0.3) is 0 Å². The van der Waals surface area contributed by atoms with Gasteiger partial charge >= 0.3 is 0 Å². The van der Waals surface area contributed by atoms with Crippen LogP contribution in [0.3, 0.4) is 0 Å². The van der Waals surface area contributed by atoms with Gasteiger partial charge in [0.05, 0.1) is 5.69 Å². The highest BCUT2D eigenvalue weighted by Crippen LogP contribution is 2.26. The average molecular weight is 247 g/mol. The van der Waals surface area contributed by atoms with Crippen molar-refractivity contribution in [1.82, 2.24) is 10.3 Å². The molecule has 3 nitrogen and oxygen atoms in total. The maximum absolute atomic E-state index is 4.42. The Morgan fingerprint density at radius 1 is 1.39 bits per heavy atom. The van der Waals surface area contributed by atoms with Gasteiger partial charge in [-0.3, -0.25) is 4.98 Å². The van der Waals surface area contributed by atoms with E-state index in [1.807, 2.05) is 6.20 Å². The zero-order valence-corrected chi connectivity index (χ0v) is 11.8. The molecule has 1 fully saturated rings. The number of hydrogen-bond acceptors (Lipinski definition) is 3. The zero-order valence-electron chi connectivity index (χ0n) is 11.8. The highest BCUT2D eigenvalue weighted by atomic mass is 15.1. The molecule has 0 radical (unpaired) electrons. The Morgan fingerprint density at radius 2 is 2.22 bits per heavy atom. The van der Waals surface area contributed by atoms with Crippen molar-refractivity contribution in [3.63, 3.8) is 0 Å². The van der Waals surface area contributed by atoms with Crippen molar-refractivity contribution in [3.8, 4) is 0 Å². The molecule has 1 aromatic heterocycles. The number of piperidine rings is 1. The third kappa shape index (κ3) is 3.22. The Labute approximate surface area is 111 Å². The lowest BCUT2D eigenvalue weighted by Crippen LogP contribution is -2.38. The molecule has 0 amide bonds. The van der Waals surface area contributed by atoms with Crippen LogP contribution >= 0.6 is 0 Å². The molecule has 1 aliphatic rings. The van der Waals surface area contributed by atoms with Crippen molar-refractivity contribution in [3.05, 3.63) is 24.0 Å². The lowest BCUT2D eigenvalue weighted by Gasteiger charge is -2.36. The minimum absolute atomic E-state index is 0.782. The van der Waals surface area contributed by atoms with Crippen LogP contribution in [0.1, 0.15) is 32.9 Å². The Kier molecular flexibility index (Phi) is 4.59. The predicted molar refractivity (Wildman–Crippen MR) is 76.8 cm³/mol. The molecule has 2 heterocycles. The maximum atomic E-state index is 4.42. The van der Waals surface area contributed by atoms with Gasteiger partial charge in [-0.2, -0.15) is 0 Å². The topological polar surface area (TPSA) is 28.2 Å². The van der Waals surface area contributed by atoms with Crippen molar-refractivity contribution >= 4 is 5.69 Å². The number of anilines is 1. The van der Waals surface area contributed by atoms with Gasteiger partial charge in [-0.15, -0.1) is 0 Å². The van der Waals surface area contributed by atoms with Crippen LogP contribution in [0.5, 0.6) is 0 Å². The second-order valence-electron chi connectivity index (χ2n) is 5.47. The lowest BCUT2D eigenvalue weighted by atomic mass is 9.88. The number of nitrogens with one attached hydrogen (secondary N) is 1. The molecule has 2 unspecified atom stereocenters. The van der Waals surface area contributed by atoms with E-state index in [2.05, 4.69) is 48.1 Å². The summed E-state index contributed by atoms with van der Waals surface area (Å²) < 4.78 is 0. The number of pyridine rings is 1. The van der Waals surface area contributed by atoms with Gasteiger partial charge in [-0.25, -0.2) is 0 Å². The normalized spacial score (nSPS) is 24.3. The van der Waals surface area contributed by atoms with Crippen molar-refractivity contribution in [1.29, 1.82) is 0 Å². The predicted octanol–water partition coefficient (Wildman–Crippen LogP) is 2.67. The molecular weight excluding hydrogens is 222 g/mol. The maximum Gasteiger partial charge on any atom is 0.0562 e. The van der Waals surface area contributed by atoms with Crippen molar-refractivity contribution in [2.75, 3.05) is 24.5 Å². The Morgan fingerprint density at radius 3 is 2.94 bits per heavy atom. The van der Waals surface area contributed by atoms with E-state index >= 15 is 0 Å². The van der Waals surface area contributed by atoms with E-state index in [0.717, 1.165) is 30.6 Å². The molecule has 0 bridgehead atoms. The van der Waals surface area contributed by atoms with Gasteiger partial charge in [-0.1, -0.05) is 20.8 Å². The highest BCUT2D eigenvalue weighted by Gasteiger charge is 2.22. The summed E-state index contributed by atoms with van der Waals surface area (Å²) in [5.41, 5.74) is 2.47. The molecular formula is C15H25N3. The third-order valence-corrected chi connectivity index (χ3v) is 4.06. The zero-order chi connectivity index (χ0) is 13.0. The fraction of sp³-hybridized carbons (Fsp3) is 0.667. The number of hydrogen-bond donors (Lipinski definition) is 1. The summed E-state index contributed by atoms with van der Waals surface area (Å²) in [6, 6.07) is 4.36. The van der Waals surface area contributed by atoms with Gasteiger partial charge in [0.1, 0.15) is 0 Å². The first-order chi connectivity index (χ1) is 8.70. The van der Waals surface area contributed by atoms with Crippen LogP contribution in [0, 0.1) is 11.8 Å². The summed E-state index contributed by atoms with van der Waals surface area (Å²) >= 11 is 0. The number of rotatable bonds is 4. The molecule has 1 aliphatic heterocycles. The quantitative estimate of drug-likeness (QED) is 0.886. The molecule has 0 spiro atoms. The van der Waals surface area contributed by atoms with Crippen LogP contribution in [-0.2, 0) is 6.54 Å². The number of aromatic nitrogens is 1. The molecule has 0 saturated carbocycles. The van der Waals surface area contributed by atoms with Gasteiger partial charge < -0.3 is 10.2 Å². The molecule has 100 valence electrons. The summed E-state index contributed by atoms with van der Waals surface area (Å²) in [6.45, 7) is 11.1. The van der Waals surface area contributed by atoms with Crippen LogP contribution in [0.2, 0.25) is 0 Å². The monoisotopic (exact) mass is 247 g/mol. The molecule has 18 heavy (non-hydrogen) atoms. The minimum Gasteiger partial charge on any atom is -0.371 e. The summed E-state index contributed by atoms with van der Waals surface area (Å²) in [4.78, 5) is 6.92. The summed E-state index contributed by atoms with van der Waals surface area (Å²) in [7, 11) is 0. The standard InChI is InChI=1S/C15H25N3/c1-4-16-10-14-9-15(5-7-17-14)18-8-6-12(2)13(3)11-18/h5,7,9,12-13,16H,4,6,8,10-11H2,1-3H3. The minimum atomic E-state index is 0.782. The van der Waals surface area contributed by atoms with E-state index in [0.29, 0.717) is 0 Å². The second kappa shape index (κ2) is 6.19. The second-order valence-corrected chi connectivity index (χ2v) is 5.47. The smallest absolute Gasteiger partial charge is 0.0562 e. The molecule has 0 aliphatic carbocycles. The van der Waals surface area contributed by atoms with E-state index in [4.69, 9.17) is 0 Å². The molecule has 2 atom stereocenters. The van der Waals surface area contributed by atoms with Crippen LogP contribution in [0.15, 0.2) is 18.3 Å². The van der Waals surface area contributed by atoms with E-state index in [1.54, 1.807) is 0 Å². The largest absolute Gasteiger partial charge is 0.371 e. The highest BCUT2D eigenvalue weighted by molar-refractivity contribution is 5.47. The summed E-state index contributed by atoms with van der Waals surface area (Å²) in [5.74, 6) is 1.63. The van der Waals surface area contributed by atoms with Gasteiger partial charge in [0, 0.05) is 31.5 Å². The van der Waals surface area contributed by atoms with Crippen LogP contribution in [0.25, 0.3) is 0 Å². The van der Waals surface area contributed by atoms with Gasteiger partial charge in [-0.05, 0) is 36.9 Å². The van der Waals surface area contributed by atoms with Crippen LogP contribution in [0.4, 0.5) is 5.69 Å². The van der Waals surface area contributed by atoms with Crippen LogP contribution in [-0.4, -0.2) is 24.6 Å². The van der Waals surface area contributed by atoms with E-state index < -0.39 is 0 Å². The fourth-order valence-electron chi connectivity index (χ4n) is 2.51. The van der Waals surface area contributed by atoms with Gasteiger partial charge in [0.2, 0.25) is 0 Å². The number of nitrogens with zero attached hydrogens (tertiary/aromatic N) is 2. The van der Waals surface area contributed by atoms with Crippen molar-refractivity contribution in [2.45, 2.75) is 33.7 Å². The molecule has 1 aromatic rings.